The zero-order chi connectivity index (χ0) is 10.1. The summed E-state index contributed by atoms with van der Waals surface area (Å²) in [5.74, 6) is 1.76. The minimum absolute atomic E-state index is 0.358. The topological polar surface area (TPSA) is 30.5 Å². The molecule has 1 atom stereocenters. The van der Waals surface area contributed by atoms with E-state index in [-0.39, 0.29) is 0 Å². The first kappa shape index (κ1) is 9.04. The molecule has 3 nitrogen and oxygen atoms in total. The van der Waals surface area contributed by atoms with Crippen LogP contribution in [-0.2, 0) is 0 Å². The van der Waals surface area contributed by atoms with E-state index in [1.807, 2.05) is 6.07 Å². The van der Waals surface area contributed by atoms with Gasteiger partial charge >= 0.3 is 0 Å². The summed E-state index contributed by atoms with van der Waals surface area (Å²) in [5, 5.41) is 3.53. The zero-order valence-corrected chi connectivity index (χ0v) is 8.66. The molecule has 80 valence electrons. The van der Waals surface area contributed by atoms with Crippen molar-refractivity contribution in [3.8, 4) is 11.5 Å². The molecule has 1 aromatic carbocycles. The van der Waals surface area contributed by atoms with Crippen molar-refractivity contribution in [1.29, 1.82) is 0 Å². The lowest BCUT2D eigenvalue weighted by atomic mass is 9.97. The molecule has 0 aromatic heterocycles. The predicted octanol–water partition coefficient (Wildman–Crippen LogP) is 2.23. The third-order valence-corrected chi connectivity index (χ3v) is 3.11. The number of ether oxygens (including phenoxy) is 2. The molecule has 15 heavy (non-hydrogen) atoms. The van der Waals surface area contributed by atoms with Gasteiger partial charge in [-0.2, -0.15) is 0 Å². The van der Waals surface area contributed by atoms with Crippen LogP contribution in [0.3, 0.4) is 0 Å². The van der Waals surface area contributed by atoms with Gasteiger partial charge in [0.05, 0.1) is 0 Å². The van der Waals surface area contributed by atoms with Crippen molar-refractivity contribution < 1.29 is 9.47 Å². The highest BCUT2D eigenvalue weighted by atomic mass is 16.7. The molecule has 0 bridgehead atoms. The average molecular weight is 205 g/mol. The molecule has 2 aliphatic heterocycles. The van der Waals surface area contributed by atoms with Crippen molar-refractivity contribution in [3.63, 3.8) is 0 Å². The molecule has 0 radical (unpaired) electrons. The predicted molar refractivity (Wildman–Crippen MR) is 57.2 cm³/mol. The third kappa shape index (κ3) is 1.67. The molecular weight excluding hydrogens is 190 g/mol. The second kappa shape index (κ2) is 3.74. The average Bonchev–Trinajstić information content (AvgIpc) is 2.77. The summed E-state index contributed by atoms with van der Waals surface area (Å²) in [5.41, 5.74) is 1.32. The number of hydrogen-bond acceptors (Lipinski definition) is 3. The van der Waals surface area contributed by atoms with Crippen molar-refractivity contribution in [3.05, 3.63) is 23.8 Å². The van der Waals surface area contributed by atoms with Gasteiger partial charge in [0, 0.05) is 6.04 Å². The van der Waals surface area contributed by atoms with Crippen molar-refractivity contribution in [2.75, 3.05) is 13.3 Å². The molecule has 1 fully saturated rings. The Labute approximate surface area is 89.4 Å². The van der Waals surface area contributed by atoms with Crippen molar-refractivity contribution in [2.24, 2.45) is 0 Å². The van der Waals surface area contributed by atoms with Crippen LogP contribution in [0, 0.1) is 0 Å². The van der Waals surface area contributed by atoms with E-state index in [0.29, 0.717) is 12.8 Å². The lowest BCUT2D eigenvalue weighted by Gasteiger charge is -2.23. The number of rotatable bonds is 1. The quantitative estimate of drug-likeness (QED) is 0.762. The Balaban J connectivity index is 1.85. The Kier molecular flexibility index (Phi) is 2.25. The number of piperidine rings is 1. The number of benzene rings is 1. The lowest BCUT2D eigenvalue weighted by molar-refractivity contribution is 0.174. The minimum Gasteiger partial charge on any atom is -0.454 e. The monoisotopic (exact) mass is 205 g/mol. The second-order valence-electron chi connectivity index (χ2n) is 4.12. The first-order valence-electron chi connectivity index (χ1n) is 5.56. The Morgan fingerprint density at radius 1 is 1.13 bits per heavy atom. The van der Waals surface area contributed by atoms with Gasteiger partial charge in [-0.15, -0.1) is 0 Å². The molecule has 0 aliphatic carbocycles. The van der Waals surface area contributed by atoms with Crippen LogP contribution in [0.4, 0.5) is 0 Å². The Bertz CT molecular complexity index is 359. The van der Waals surface area contributed by atoms with E-state index < -0.39 is 0 Å². The first-order chi connectivity index (χ1) is 7.43. The van der Waals surface area contributed by atoms with Crippen molar-refractivity contribution in [1.82, 2.24) is 5.32 Å². The Hall–Kier alpha value is -1.22. The van der Waals surface area contributed by atoms with Gasteiger partial charge in [-0.25, -0.2) is 0 Å². The molecule has 1 N–H and O–H groups in total. The fourth-order valence-electron chi connectivity index (χ4n) is 2.27. The van der Waals surface area contributed by atoms with E-state index in [4.69, 9.17) is 9.47 Å². The first-order valence-corrected chi connectivity index (χ1v) is 5.56. The number of nitrogens with one attached hydrogen (secondary N) is 1. The number of hydrogen-bond donors (Lipinski definition) is 1. The van der Waals surface area contributed by atoms with Crippen LogP contribution < -0.4 is 14.8 Å². The van der Waals surface area contributed by atoms with E-state index in [1.165, 1.54) is 24.8 Å². The summed E-state index contributed by atoms with van der Waals surface area (Å²) in [6.45, 7) is 1.48. The molecule has 0 unspecified atom stereocenters. The van der Waals surface area contributed by atoms with Gasteiger partial charge in [0.25, 0.3) is 0 Å². The molecule has 3 rings (SSSR count). The summed E-state index contributed by atoms with van der Waals surface area (Å²) in [4.78, 5) is 0. The molecule has 0 saturated carbocycles. The second-order valence-corrected chi connectivity index (χ2v) is 4.12. The molecule has 3 heteroatoms. The lowest BCUT2D eigenvalue weighted by Crippen LogP contribution is -2.26. The normalized spacial score (nSPS) is 24.1. The molecule has 0 spiro atoms. The van der Waals surface area contributed by atoms with Crippen LogP contribution in [-0.4, -0.2) is 13.3 Å². The smallest absolute Gasteiger partial charge is 0.231 e. The molecule has 1 saturated heterocycles. The van der Waals surface area contributed by atoms with Crippen LogP contribution in [0.1, 0.15) is 30.9 Å². The fraction of sp³-hybridized carbons (Fsp3) is 0.500. The highest BCUT2D eigenvalue weighted by Crippen LogP contribution is 2.35. The summed E-state index contributed by atoms with van der Waals surface area (Å²) >= 11 is 0. The van der Waals surface area contributed by atoms with Crippen LogP contribution in [0.15, 0.2) is 18.2 Å². The maximum atomic E-state index is 5.38. The maximum Gasteiger partial charge on any atom is 0.231 e. The highest BCUT2D eigenvalue weighted by Gasteiger charge is 2.19. The molecular formula is C12H15NO2. The van der Waals surface area contributed by atoms with Gasteiger partial charge in [0.1, 0.15) is 0 Å². The molecule has 0 amide bonds. The van der Waals surface area contributed by atoms with Crippen LogP contribution in [0.2, 0.25) is 0 Å². The largest absolute Gasteiger partial charge is 0.454 e. The van der Waals surface area contributed by atoms with Gasteiger partial charge in [-0.3, -0.25) is 0 Å². The standard InChI is InChI=1S/C12H15NO2/c1-2-6-13-10(3-1)9-4-5-11-12(7-9)15-8-14-11/h4-5,7,10,13H,1-3,6,8H2/t10-/m0/s1. The van der Waals surface area contributed by atoms with Crippen molar-refractivity contribution in [2.45, 2.75) is 25.3 Å². The molecule has 1 aromatic rings. The minimum atomic E-state index is 0.358. The van der Waals surface area contributed by atoms with Crippen molar-refractivity contribution >= 4 is 0 Å². The van der Waals surface area contributed by atoms with Gasteiger partial charge in [-0.1, -0.05) is 12.5 Å². The van der Waals surface area contributed by atoms with E-state index in [1.54, 1.807) is 0 Å². The van der Waals surface area contributed by atoms with Crippen LogP contribution in [0.5, 0.6) is 11.5 Å². The van der Waals surface area contributed by atoms with Crippen LogP contribution >= 0.6 is 0 Å². The SMILES string of the molecule is c1cc2c(cc1[C@@H]1CCCCN1)OCO2. The molecule has 2 heterocycles. The summed E-state index contributed by atoms with van der Waals surface area (Å²) in [6.07, 6.45) is 3.83. The Morgan fingerprint density at radius 2 is 2.07 bits per heavy atom. The van der Waals surface area contributed by atoms with E-state index >= 15 is 0 Å². The van der Waals surface area contributed by atoms with Crippen LogP contribution in [0.25, 0.3) is 0 Å². The summed E-state index contributed by atoms with van der Waals surface area (Å²) in [7, 11) is 0. The van der Waals surface area contributed by atoms with Gasteiger partial charge in [0.15, 0.2) is 11.5 Å². The van der Waals surface area contributed by atoms with E-state index in [0.717, 1.165) is 18.0 Å². The van der Waals surface area contributed by atoms with E-state index in [9.17, 15) is 0 Å². The maximum absolute atomic E-state index is 5.38. The van der Waals surface area contributed by atoms with Gasteiger partial charge in [0.2, 0.25) is 6.79 Å². The van der Waals surface area contributed by atoms with E-state index in [2.05, 4.69) is 17.4 Å². The summed E-state index contributed by atoms with van der Waals surface area (Å²) < 4.78 is 10.7. The third-order valence-electron chi connectivity index (χ3n) is 3.11. The van der Waals surface area contributed by atoms with Gasteiger partial charge < -0.3 is 14.8 Å². The Morgan fingerprint density at radius 3 is 2.93 bits per heavy atom. The zero-order valence-electron chi connectivity index (χ0n) is 8.66. The highest BCUT2D eigenvalue weighted by molar-refractivity contribution is 5.45. The fourth-order valence-corrected chi connectivity index (χ4v) is 2.27. The summed E-state index contributed by atoms with van der Waals surface area (Å²) in [6, 6.07) is 6.74. The number of fused-ring (bicyclic) bond motifs is 1. The molecule has 2 aliphatic rings. The van der Waals surface area contributed by atoms with Gasteiger partial charge in [-0.05, 0) is 37.1 Å².